The number of aliphatic hydroxyl groups excluding tert-OH is 1. The summed E-state index contributed by atoms with van der Waals surface area (Å²) >= 11 is 0. The number of aliphatic hydroxyl groups is 1. The predicted molar refractivity (Wildman–Crippen MR) is 116 cm³/mol. The van der Waals surface area contributed by atoms with Crippen molar-refractivity contribution in [1.82, 2.24) is 25.5 Å². The highest BCUT2D eigenvalue weighted by Gasteiger charge is 2.38. The molecule has 2 aromatic rings. The van der Waals surface area contributed by atoms with Crippen LogP contribution in [0.5, 0.6) is 0 Å². The summed E-state index contributed by atoms with van der Waals surface area (Å²) in [5, 5.41) is 20.5. The number of halogens is 6. The third-order valence-electron chi connectivity index (χ3n) is 5.32. The molecule has 0 saturated carbocycles. The Balaban J connectivity index is 1.44. The van der Waals surface area contributed by atoms with Crippen LogP contribution in [-0.2, 0) is 21.9 Å². The van der Waals surface area contributed by atoms with Crippen molar-refractivity contribution in [2.45, 2.75) is 43.9 Å². The number of hydrogen-bond acceptors (Lipinski definition) is 9. The summed E-state index contributed by atoms with van der Waals surface area (Å²) in [5.74, 6) is -0.588. The molecule has 204 valence electrons. The van der Waals surface area contributed by atoms with Crippen molar-refractivity contribution in [2.24, 2.45) is 0 Å². The van der Waals surface area contributed by atoms with Gasteiger partial charge in [-0.15, -0.1) is 0 Å². The van der Waals surface area contributed by atoms with E-state index in [1.807, 2.05) is 0 Å². The van der Waals surface area contributed by atoms with Crippen molar-refractivity contribution < 1.29 is 41.0 Å². The lowest BCUT2D eigenvalue weighted by molar-refractivity contribution is -0.139. The fourth-order valence-electron chi connectivity index (χ4n) is 3.59. The summed E-state index contributed by atoms with van der Waals surface area (Å²) in [4.78, 5) is 32.5. The van der Waals surface area contributed by atoms with Crippen molar-refractivity contribution in [2.75, 3.05) is 36.5 Å². The summed E-state index contributed by atoms with van der Waals surface area (Å²) in [6.45, 7) is 1.04. The lowest BCUT2D eigenvalue weighted by atomic mass is 10.0. The number of aromatic nitrogens is 4. The van der Waals surface area contributed by atoms with Crippen molar-refractivity contribution in [3.8, 4) is 0 Å². The lowest BCUT2D eigenvalue weighted by Gasteiger charge is -2.36. The number of piperidine rings is 1. The highest BCUT2D eigenvalue weighted by molar-refractivity contribution is 5.77. The van der Waals surface area contributed by atoms with Gasteiger partial charge in [0.2, 0.25) is 11.9 Å². The molecular formula is C20H23F6N7O4. The topological polar surface area (TPSA) is 145 Å². The van der Waals surface area contributed by atoms with Crippen molar-refractivity contribution in [1.29, 1.82) is 0 Å². The zero-order chi connectivity index (χ0) is 27.4. The number of β-amino-alcohol motifs (C(OH)–C–C–N with tert-alkyl or cyclic N) is 1. The maximum atomic E-state index is 13.1. The van der Waals surface area contributed by atoms with Crippen LogP contribution in [0.25, 0.3) is 0 Å². The Bertz CT molecular complexity index is 1130. The number of rotatable bonds is 8. The molecule has 1 amide bonds. The van der Waals surface area contributed by atoms with Crippen LogP contribution in [0.3, 0.4) is 0 Å². The van der Waals surface area contributed by atoms with E-state index in [9.17, 15) is 41.0 Å². The van der Waals surface area contributed by atoms with E-state index in [1.165, 1.54) is 11.8 Å². The number of carbonyl (C=O) groups excluding carboxylic acids is 1. The van der Waals surface area contributed by atoms with E-state index in [0.717, 1.165) is 6.20 Å². The summed E-state index contributed by atoms with van der Waals surface area (Å²) in [5.41, 5.74) is -4.38. The monoisotopic (exact) mass is 539 g/mol. The van der Waals surface area contributed by atoms with Crippen LogP contribution in [0.15, 0.2) is 23.4 Å². The molecule has 1 unspecified atom stereocenters. The SMILES string of the molecule is CC(COCC(=O)N[C@H]1CCN(c2ncc(C(F)(F)F)cn2)C[C@@H]1O)Nc1cn[nH]c(=O)c1C(F)(F)F. The minimum absolute atomic E-state index is 0.00550. The van der Waals surface area contributed by atoms with Crippen LogP contribution < -0.4 is 21.1 Å². The average Bonchev–Trinajstić information content (AvgIpc) is 2.79. The Morgan fingerprint density at radius 1 is 1.22 bits per heavy atom. The summed E-state index contributed by atoms with van der Waals surface area (Å²) in [6.07, 6.45) is -8.21. The smallest absolute Gasteiger partial charge is 0.389 e. The van der Waals surface area contributed by atoms with Gasteiger partial charge in [-0.05, 0) is 13.3 Å². The van der Waals surface area contributed by atoms with E-state index in [0.29, 0.717) is 12.4 Å². The maximum absolute atomic E-state index is 13.1. The number of hydrogen-bond donors (Lipinski definition) is 4. The Morgan fingerprint density at radius 3 is 2.49 bits per heavy atom. The molecule has 1 aliphatic rings. The maximum Gasteiger partial charge on any atom is 0.423 e. The summed E-state index contributed by atoms with van der Waals surface area (Å²) in [6, 6.07) is -1.40. The van der Waals surface area contributed by atoms with Crippen molar-refractivity contribution >= 4 is 17.5 Å². The van der Waals surface area contributed by atoms with Gasteiger partial charge in [0, 0.05) is 31.5 Å². The van der Waals surface area contributed by atoms with Gasteiger partial charge in [-0.1, -0.05) is 0 Å². The number of nitrogens with one attached hydrogen (secondary N) is 3. The highest BCUT2D eigenvalue weighted by atomic mass is 19.4. The molecule has 1 aliphatic heterocycles. The normalized spacial score (nSPS) is 19.4. The van der Waals surface area contributed by atoms with Gasteiger partial charge in [0.1, 0.15) is 12.2 Å². The first-order chi connectivity index (χ1) is 17.3. The number of alkyl halides is 6. The molecule has 2 aromatic heterocycles. The van der Waals surface area contributed by atoms with Crippen LogP contribution in [0.2, 0.25) is 0 Å². The van der Waals surface area contributed by atoms with Crippen LogP contribution in [-0.4, -0.2) is 75.7 Å². The van der Waals surface area contributed by atoms with Gasteiger partial charge >= 0.3 is 12.4 Å². The minimum atomic E-state index is -4.91. The van der Waals surface area contributed by atoms with Crippen LogP contribution in [0.1, 0.15) is 24.5 Å². The largest absolute Gasteiger partial charge is 0.423 e. The van der Waals surface area contributed by atoms with E-state index in [-0.39, 0.29) is 32.1 Å². The molecule has 0 aliphatic carbocycles. The van der Waals surface area contributed by atoms with Crippen LogP contribution >= 0.6 is 0 Å². The molecule has 0 radical (unpaired) electrons. The molecule has 37 heavy (non-hydrogen) atoms. The van der Waals surface area contributed by atoms with Gasteiger partial charge in [0.05, 0.1) is 36.2 Å². The molecular weight excluding hydrogens is 516 g/mol. The van der Waals surface area contributed by atoms with Gasteiger partial charge in [0.25, 0.3) is 5.56 Å². The molecule has 0 spiro atoms. The first-order valence-corrected chi connectivity index (χ1v) is 10.9. The number of H-pyrrole nitrogens is 1. The quantitative estimate of drug-likeness (QED) is 0.363. The number of aromatic amines is 1. The molecule has 17 heteroatoms. The zero-order valence-electron chi connectivity index (χ0n) is 19.2. The number of ether oxygens (including phenoxy) is 1. The molecule has 3 atom stereocenters. The molecule has 3 heterocycles. The van der Waals surface area contributed by atoms with Crippen LogP contribution in [0, 0.1) is 0 Å². The van der Waals surface area contributed by atoms with E-state index in [4.69, 9.17) is 4.74 Å². The number of carbonyl (C=O) groups is 1. The van der Waals surface area contributed by atoms with E-state index in [1.54, 1.807) is 5.10 Å². The van der Waals surface area contributed by atoms with E-state index < -0.39 is 65.4 Å². The average molecular weight is 539 g/mol. The number of nitrogens with zero attached hydrogens (tertiary/aromatic N) is 4. The fourth-order valence-corrected chi connectivity index (χ4v) is 3.59. The standard InChI is InChI=1S/C20H23F6N7O4/c1-10(30-13-6-29-32-17(36)16(13)20(24,25)26)8-37-9-15(35)31-12-2-3-33(7-14(12)34)18-27-4-11(5-28-18)19(21,22)23/h4-6,10,12,14,34H,2-3,7-9H2,1H3,(H,31,35)(H2,30,32,36)/t10?,12-,14-/m0/s1. The molecule has 3 rings (SSSR count). The summed E-state index contributed by atoms with van der Waals surface area (Å²) in [7, 11) is 0. The van der Waals surface area contributed by atoms with Gasteiger partial charge < -0.3 is 25.4 Å². The van der Waals surface area contributed by atoms with Gasteiger partial charge in [-0.25, -0.2) is 15.1 Å². The first kappa shape index (κ1) is 28.1. The van der Waals surface area contributed by atoms with Crippen molar-refractivity contribution in [3.05, 3.63) is 40.1 Å². The molecule has 11 nitrogen and oxygen atoms in total. The highest BCUT2D eigenvalue weighted by Crippen LogP contribution is 2.31. The van der Waals surface area contributed by atoms with Gasteiger partial charge in [-0.3, -0.25) is 9.59 Å². The Kier molecular flexibility index (Phi) is 8.57. The number of amides is 1. The molecule has 1 fully saturated rings. The van der Waals surface area contributed by atoms with E-state index in [2.05, 4.69) is 25.7 Å². The van der Waals surface area contributed by atoms with Crippen LogP contribution in [0.4, 0.5) is 38.0 Å². The fraction of sp³-hybridized carbons (Fsp3) is 0.550. The lowest BCUT2D eigenvalue weighted by Crippen LogP contribution is -2.55. The second-order valence-corrected chi connectivity index (χ2v) is 8.29. The second-order valence-electron chi connectivity index (χ2n) is 8.29. The zero-order valence-corrected chi connectivity index (χ0v) is 19.2. The molecule has 4 N–H and O–H groups in total. The van der Waals surface area contributed by atoms with Crippen molar-refractivity contribution in [3.63, 3.8) is 0 Å². The number of anilines is 2. The molecule has 0 aromatic carbocycles. The van der Waals surface area contributed by atoms with Gasteiger partial charge in [0.15, 0.2) is 0 Å². The Morgan fingerprint density at radius 2 is 1.89 bits per heavy atom. The second kappa shape index (κ2) is 11.3. The van der Waals surface area contributed by atoms with Gasteiger partial charge in [-0.2, -0.15) is 31.4 Å². The summed E-state index contributed by atoms with van der Waals surface area (Å²) < 4.78 is 82.5. The molecule has 0 bridgehead atoms. The van der Waals surface area contributed by atoms with E-state index >= 15 is 0 Å². The Hall–Kier alpha value is -3.47. The Labute approximate surface area is 205 Å². The predicted octanol–water partition coefficient (Wildman–Crippen LogP) is 1.17. The molecule has 1 saturated heterocycles. The minimum Gasteiger partial charge on any atom is -0.389 e. The third kappa shape index (κ3) is 7.51. The third-order valence-corrected chi connectivity index (χ3v) is 5.32. The first-order valence-electron chi connectivity index (χ1n) is 10.9.